The third-order valence-corrected chi connectivity index (χ3v) is 4.43. The molecule has 0 radical (unpaired) electrons. The van der Waals surface area contributed by atoms with Crippen LogP contribution in [0, 0.1) is 16.0 Å². The van der Waals surface area contributed by atoms with Crippen LogP contribution in [0.1, 0.15) is 43.0 Å². The summed E-state index contributed by atoms with van der Waals surface area (Å²) in [7, 11) is 1.33. The molecule has 0 aromatic heterocycles. The largest absolute Gasteiger partial charge is 0.469 e. The zero-order valence-electron chi connectivity index (χ0n) is 13.9. The zero-order chi connectivity index (χ0) is 17.7. The Labute approximate surface area is 140 Å². The highest BCUT2D eigenvalue weighted by atomic mass is 16.6. The fourth-order valence-electron chi connectivity index (χ4n) is 3.08. The number of nitro benzene ring substituents is 1. The van der Waals surface area contributed by atoms with E-state index in [1.807, 2.05) is 0 Å². The standard InChI is InChI=1S/C17H22N2O5/c1-12(17(21)24-2)11-18(14-5-3-4-6-14)16(20)13-7-9-15(10-8-13)19(22)23/h7-10,12,14H,3-6,11H2,1-2H3. The summed E-state index contributed by atoms with van der Waals surface area (Å²) in [6.45, 7) is 2.02. The average Bonchev–Trinajstić information content (AvgIpc) is 3.12. The highest BCUT2D eigenvalue weighted by molar-refractivity contribution is 5.95. The van der Waals surface area contributed by atoms with Gasteiger partial charge in [-0.2, -0.15) is 0 Å². The molecule has 0 bridgehead atoms. The molecule has 7 nitrogen and oxygen atoms in total. The van der Waals surface area contributed by atoms with Crippen LogP contribution in [0.15, 0.2) is 24.3 Å². The number of nitrogens with zero attached hydrogens (tertiary/aromatic N) is 2. The van der Waals surface area contributed by atoms with E-state index >= 15 is 0 Å². The van der Waals surface area contributed by atoms with Crippen LogP contribution >= 0.6 is 0 Å². The van der Waals surface area contributed by atoms with Gasteiger partial charge in [0.25, 0.3) is 11.6 Å². The van der Waals surface area contributed by atoms with Crippen LogP contribution in [0.5, 0.6) is 0 Å². The van der Waals surface area contributed by atoms with Gasteiger partial charge in [-0.15, -0.1) is 0 Å². The van der Waals surface area contributed by atoms with E-state index in [0.717, 1.165) is 25.7 Å². The Morgan fingerprint density at radius 1 is 1.29 bits per heavy atom. The second kappa shape index (κ2) is 7.90. The van der Waals surface area contributed by atoms with Gasteiger partial charge in [0, 0.05) is 30.3 Å². The number of amides is 1. The van der Waals surface area contributed by atoms with Gasteiger partial charge in [-0.05, 0) is 25.0 Å². The smallest absolute Gasteiger partial charge is 0.310 e. The maximum Gasteiger partial charge on any atom is 0.310 e. The Hall–Kier alpha value is -2.44. The SMILES string of the molecule is COC(=O)C(C)CN(C(=O)c1ccc([N+](=O)[O-])cc1)C1CCCC1. The number of carbonyl (C=O) groups is 2. The van der Waals surface area contributed by atoms with E-state index in [-0.39, 0.29) is 30.2 Å². The molecule has 1 amide bonds. The van der Waals surface area contributed by atoms with Crippen LogP contribution in [0.4, 0.5) is 5.69 Å². The van der Waals surface area contributed by atoms with Crippen LogP contribution in [0.2, 0.25) is 0 Å². The molecule has 1 unspecified atom stereocenters. The van der Waals surface area contributed by atoms with Crippen LogP contribution in [0.3, 0.4) is 0 Å². The van der Waals surface area contributed by atoms with E-state index in [0.29, 0.717) is 5.56 Å². The van der Waals surface area contributed by atoms with E-state index in [1.54, 1.807) is 11.8 Å². The van der Waals surface area contributed by atoms with Crippen molar-refractivity contribution in [2.24, 2.45) is 5.92 Å². The van der Waals surface area contributed by atoms with Gasteiger partial charge in [-0.1, -0.05) is 19.8 Å². The third kappa shape index (κ3) is 4.10. The minimum Gasteiger partial charge on any atom is -0.469 e. The molecule has 0 saturated heterocycles. The Balaban J connectivity index is 2.20. The molecule has 0 heterocycles. The molecule has 7 heteroatoms. The van der Waals surface area contributed by atoms with Crippen molar-refractivity contribution in [1.29, 1.82) is 0 Å². The van der Waals surface area contributed by atoms with Crippen LogP contribution in [0.25, 0.3) is 0 Å². The summed E-state index contributed by atoms with van der Waals surface area (Å²) in [5, 5.41) is 10.7. The van der Waals surface area contributed by atoms with Gasteiger partial charge in [0.15, 0.2) is 0 Å². The molecule has 0 N–H and O–H groups in total. The topological polar surface area (TPSA) is 89.8 Å². The molecule has 24 heavy (non-hydrogen) atoms. The second-order valence-electron chi connectivity index (χ2n) is 6.12. The quantitative estimate of drug-likeness (QED) is 0.453. The first-order valence-corrected chi connectivity index (χ1v) is 8.07. The number of carbonyl (C=O) groups excluding carboxylic acids is 2. The first kappa shape index (κ1) is 17.9. The molecule has 1 atom stereocenters. The molecule has 130 valence electrons. The Bertz CT molecular complexity index is 608. The molecular formula is C17H22N2O5. The number of hydrogen-bond donors (Lipinski definition) is 0. The van der Waals surface area contributed by atoms with Crippen LogP contribution in [-0.4, -0.2) is 41.4 Å². The lowest BCUT2D eigenvalue weighted by atomic mass is 10.1. The summed E-state index contributed by atoms with van der Waals surface area (Å²) < 4.78 is 4.75. The van der Waals surface area contributed by atoms with Gasteiger partial charge in [0.05, 0.1) is 18.0 Å². The third-order valence-electron chi connectivity index (χ3n) is 4.43. The maximum atomic E-state index is 12.9. The van der Waals surface area contributed by atoms with Crippen molar-refractivity contribution in [3.63, 3.8) is 0 Å². The molecule has 1 aromatic carbocycles. The van der Waals surface area contributed by atoms with E-state index in [4.69, 9.17) is 4.74 Å². The van der Waals surface area contributed by atoms with Crippen molar-refractivity contribution in [3.8, 4) is 0 Å². The Morgan fingerprint density at radius 2 is 1.88 bits per heavy atom. The van der Waals surface area contributed by atoms with Crippen molar-refractivity contribution >= 4 is 17.6 Å². The monoisotopic (exact) mass is 334 g/mol. The number of rotatable bonds is 6. The van der Waals surface area contributed by atoms with Gasteiger partial charge < -0.3 is 9.64 Å². The summed E-state index contributed by atoms with van der Waals surface area (Å²) in [6.07, 6.45) is 3.93. The summed E-state index contributed by atoms with van der Waals surface area (Å²) in [6, 6.07) is 5.67. The number of esters is 1. The molecule has 1 aromatic rings. The van der Waals surface area contributed by atoms with Crippen molar-refractivity contribution in [1.82, 2.24) is 4.90 Å². The molecule has 1 fully saturated rings. The molecule has 2 rings (SSSR count). The van der Waals surface area contributed by atoms with E-state index in [9.17, 15) is 19.7 Å². The van der Waals surface area contributed by atoms with Crippen LogP contribution < -0.4 is 0 Å². The number of benzene rings is 1. The first-order chi connectivity index (χ1) is 11.4. The summed E-state index contributed by atoms with van der Waals surface area (Å²) in [5.41, 5.74) is 0.339. The van der Waals surface area contributed by atoms with Crippen molar-refractivity contribution in [2.45, 2.75) is 38.6 Å². The van der Waals surface area contributed by atoms with Gasteiger partial charge >= 0.3 is 5.97 Å². The molecule has 1 saturated carbocycles. The summed E-state index contributed by atoms with van der Waals surface area (Å²) in [4.78, 5) is 36.5. The van der Waals surface area contributed by atoms with Crippen molar-refractivity contribution in [3.05, 3.63) is 39.9 Å². The molecule has 1 aliphatic carbocycles. The zero-order valence-corrected chi connectivity index (χ0v) is 13.9. The van der Waals surface area contributed by atoms with Crippen molar-refractivity contribution in [2.75, 3.05) is 13.7 Å². The normalized spacial score (nSPS) is 15.8. The van der Waals surface area contributed by atoms with Gasteiger partial charge in [-0.25, -0.2) is 0 Å². The van der Waals surface area contributed by atoms with Gasteiger partial charge in [0.1, 0.15) is 0 Å². The lowest BCUT2D eigenvalue weighted by Gasteiger charge is -2.31. The fraction of sp³-hybridized carbons (Fsp3) is 0.529. The fourth-order valence-corrected chi connectivity index (χ4v) is 3.08. The highest BCUT2D eigenvalue weighted by Crippen LogP contribution is 2.26. The number of non-ortho nitro benzene ring substituents is 1. The number of ether oxygens (including phenoxy) is 1. The molecule has 1 aliphatic rings. The highest BCUT2D eigenvalue weighted by Gasteiger charge is 2.30. The first-order valence-electron chi connectivity index (χ1n) is 8.07. The minimum atomic E-state index is -0.498. The van der Waals surface area contributed by atoms with Crippen molar-refractivity contribution < 1.29 is 19.2 Å². The average molecular weight is 334 g/mol. The van der Waals surface area contributed by atoms with Gasteiger partial charge in [0.2, 0.25) is 0 Å². The maximum absolute atomic E-state index is 12.9. The number of hydrogen-bond acceptors (Lipinski definition) is 5. The summed E-state index contributed by atoms with van der Waals surface area (Å²) >= 11 is 0. The Morgan fingerprint density at radius 3 is 2.38 bits per heavy atom. The molecular weight excluding hydrogens is 312 g/mol. The van der Waals surface area contributed by atoms with Gasteiger partial charge in [-0.3, -0.25) is 19.7 Å². The molecule has 0 aliphatic heterocycles. The molecule has 0 spiro atoms. The van der Waals surface area contributed by atoms with Crippen LogP contribution in [-0.2, 0) is 9.53 Å². The van der Waals surface area contributed by atoms with E-state index in [1.165, 1.54) is 31.4 Å². The van der Waals surface area contributed by atoms with E-state index < -0.39 is 10.8 Å². The summed E-state index contributed by atoms with van der Waals surface area (Å²) in [5.74, 6) is -0.973. The Kier molecular flexibility index (Phi) is 5.89. The predicted octanol–water partition coefficient (Wildman–Crippen LogP) is 2.79. The predicted molar refractivity (Wildman–Crippen MR) is 87.6 cm³/mol. The number of methoxy groups -OCH3 is 1. The lowest BCUT2D eigenvalue weighted by molar-refractivity contribution is -0.384. The van der Waals surface area contributed by atoms with E-state index in [2.05, 4.69) is 0 Å². The second-order valence-corrected chi connectivity index (χ2v) is 6.12. The number of nitro groups is 1. The lowest BCUT2D eigenvalue weighted by Crippen LogP contribution is -2.43. The minimum absolute atomic E-state index is 0.0538.